The highest BCUT2D eigenvalue weighted by atomic mass is 32.1. The van der Waals surface area contributed by atoms with Gasteiger partial charge in [0.05, 0.1) is 0 Å². The quantitative estimate of drug-likeness (QED) is 0.739. The number of thiazole rings is 1. The topological polar surface area (TPSA) is 93.5 Å². The van der Waals surface area contributed by atoms with E-state index in [1.165, 1.54) is 11.3 Å². The maximum Gasteiger partial charge on any atom is 0.360 e. The molecule has 7 nitrogen and oxygen atoms in total. The summed E-state index contributed by atoms with van der Waals surface area (Å²) in [6.45, 7) is 1.97. The van der Waals surface area contributed by atoms with Crippen LogP contribution in [0.1, 0.15) is 15.4 Å². The van der Waals surface area contributed by atoms with Gasteiger partial charge < -0.3 is 5.11 Å². The van der Waals surface area contributed by atoms with E-state index in [0.717, 1.165) is 9.84 Å². The maximum absolute atomic E-state index is 10.9. The molecule has 17 heavy (non-hydrogen) atoms. The van der Waals surface area contributed by atoms with E-state index in [1.807, 2.05) is 17.5 Å². The first-order chi connectivity index (χ1) is 8.15. The van der Waals surface area contributed by atoms with E-state index in [2.05, 4.69) is 19.9 Å². The Morgan fingerprint density at radius 2 is 2.29 bits per heavy atom. The van der Waals surface area contributed by atoms with E-state index in [9.17, 15) is 4.79 Å². The van der Waals surface area contributed by atoms with Gasteiger partial charge in [-0.25, -0.2) is 14.4 Å². The monoisotopic (exact) mass is 250 g/mol. The third kappa shape index (κ3) is 1.49. The molecule has 3 aromatic heterocycles. The minimum atomic E-state index is -1.19. The average molecular weight is 250 g/mol. The van der Waals surface area contributed by atoms with Crippen molar-refractivity contribution in [3.8, 4) is 11.4 Å². The third-order valence-electron chi connectivity index (χ3n) is 2.21. The number of aromatic nitrogens is 4. The SMILES string of the molecule is Cc1cn2cc(-c3nonc3C(=O)O)nc2s1. The van der Waals surface area contributed by atoms with Crippen LogP contribution < -0.4 is 0 Å². The summed E-state index contributed by atoms with van der Waals surface area (Å²) >= 11 is 1.51. The Kier molecular flexibility index (Phi) is 1.99. The largest absolute Gasteiger partial charge is 0.476 e. The molecule has 3 aromatic rings. The van der Waals surface area contributed by atoms with Gasteiger partial charge in [0.25, 0.3) is 0 Å². The van der Waals surface area contributed by atoms with Crippen molar-refractivity contribution in [3.63, 3.8) is 0 Å². The number of hydrogen-bond donors (Lipinski definition) is 1. The Hall–Kier alpha value is -2.22. The molecule has 1 N–H and O–H groups in total. The highest BCUT2D eigenvalue weighted by Gasteiger charge is 2.21. The fraction of sp³-hybridized carbons (Fsp3) is 0.111. The molecule has 0 saturated carbocycles. The maximum atomic E-state index is 10.9. The molecule has 3 rings (SSSR count). The molecule has 0 aromatic carbocycles. The van der Waals surface area contributed by atoms with Gasteiger partial charge in [-0.2, -0.15) is 0 Å². The zero-order valence-corrected chi connectivity index (χ0v) is 9.43. The van der Waals surface area contributed by atoms with Crippen molar-refractivity contribution in [1.29, 1.82) is 0 Å². The van der Waals surface area contributed by atoms with Crippen molar-refractivity contribution in [2.45, 2.75) is 6.92 Å². The van der Waals surface area contributed by atoms with Crippen molar-refractivity contribution in [3.05, 3.63) is 23.0 Å². The van der Waals surface area contributed by atoms with Crippen molar-refractivity contribution in [2.24, 2.45) is 0 Å². The van der Waals surface area contributed by atoms with E-state index in [0.29, 0.717) is 5.69 Å². The molecule has 0 saturated heterocycles. The summed E-state index contributed by atoms with van der Waals surface area (Å²) in [5.74, 6) is -1.19. The van der Waals surface area contributed by atoms with Crippen LogP contribution in [0, 0.1) is 6.92 Å². The summed E-state index contributed by atoms with van der Waals surface area (Å²) in [5, 5.41) is 15.8. The first-order valence-corrected chi connectivity index (χ1v) is 5.48. The molecule has 0 aliphatic rings. The van der Waals surface area contributed by atoms with Crippen LogP contribution in [0.15, 0.2) is 17.0 Å². The highest BCUT2D eigenvalue weighted by molar-refractivity contribution is 7.17. The Morgan fingerprint density at radius 3 is 3.00 bits per heavy atom. The molecule has 0 bridgehead atoms. The van der Waals surface area contributed by atoms with E-state index < -0.39 is 5.97 Å². The van der Waals surface area contributed by atoms with Crippen LogP contribution in [0.3, 0.4) is 0 Å². The normalized spacial score (nSPS) is 11.1. The van der Waals surface area contributed by atoms with Gasteiger partial charge in [-0.3, -0.25) is 4.40 Å². The Labute approximate surface area is 98.3 Å². The van der Waals surface area contributed by atoms with E-state index in [-0.39, 0.29) is 11.4 Å². The van der Waals surface area contributed by atoms with Gasteiger partial charge in [0.15, 0.2) is 10.7 Å². The lowest BCUT2D eigenvalue weighted by atomic mass is 10.2. The van der Waals surface area contributed by atoms with Crippen LogP contribution in [0.5, 0.6) is 0 Å². The minimum absolute atomic E-state index is 0.144. The van der Waals surface area contributed by atoms with E-state index in [1.54, 1.807) is 6.20 Å². The van der Waals surface area contributed by atoms with Gasteiger partial charge in [-0.15, -0.1) is 11.3 Å². The van der Waals surface area contributed by atoms with E-state index >= 15 is 0 Å². The number of rotatable bonds is 2. The second-order valence-electron chi connectivity index (χ2n) is 3.42. The van der Waals surface area contributed by atoms with Gasteiger partial charge in [-0.05, 0) is 17.2 Å². The molecule has 0 atom stereocenters. The number of aryl methyl sites for hydroxylation is 1. The van der Waals surface area contributed by atoms with Crippen molar-refractivity contribution < 1.29 is 14.5 Å². The number of carbonyl (C=O) groups is 1. The zero-order valence-electron chi connectivity index (χ0n) is 8.62. The Balaban J connectivity index is 2.16. The standard InChI is InChI=1S/C9H6N4O3S/c1-4-2-13-3-5(10-9(13)17-4)6-7(8(14)15)12-16-11-6/h2-3H,1H3,(H,14,15). The molecule has 0 spiro atoms. The molecule has 86 valence electrons. The highest BCUT2D eigenvalue weighted by Crippen LogP contribution is 2.23. The molecule has 0 aliphatic carbocycles. The predicted molar refractivity (Wildman–Crippen MR) is 58.1 cm³/mol. The molecular weight excluding hydrogens is 244 g/mol. The first-order valence-electron chi connectivity index (χ1n) is 4.66. The lowest BCUT2D eigenvalue weighted by molar-refractivity contribution is 0.0685. The average Bonchev–Trinajstić information content (AvgIpc) is 2.87. The second kappa shape index (κ2) is 3.39. The summed E-state index contributed by atoms with van der Waals surface area (Å²) in [6.07, 6.45) is 3.61. The van der Waals surface area contributed by atoms with Crippen LogP contribution in [-0.2, 0) is 0 Å². The summed E-state index contributed by atoms with van der Waals surface area (Å²) in [6, 6.07) is 0. The van der Waals surface area contributed by atoms with Gasteiger partial charge in [0, 0.05) is 17.3 Å². The first kappa shape index (κ1) is 9.97. The van der Waals surface area contributed by atoms with Crippen molar-refractivity contribution >= 4 is 22.3 Å². The number of aromatic carboxylic acids is 1. The fourth-order valence-corrected chi connectivity index (χ4v) is 2.33. The molecule has 0 amide bonds. The zero-order chi connectivity index (χ0) is 12.0. The summed E-state index contributed by atoms with van der Waals surface area (Å²) in [4.78, 5) is 17.0. The number of fused-ring (bicyclic) bond motifs is 1. The molecular formula is C9H6N4O3S. The van der Waals surface area contributed by atoms with Gasteiger partial charge in [0.2, 0.25) is 5.69 Å². The molecule has 3 heterocycles. The number of imidazole rings is 1. The molecule has 0 unspecified atom stereocenters. The lowest BCUT2D eigenvalue weighted by Gasteiger charge is -1.88. The fourth-order valence-electron chi connectivity index (χ4n) is 1.52. The smallest absolute Gasteiger partial charge is 0.360 e. The van der Waals surface area contributed by atoms with Gasteiger partial charge in [-0.1, -0.05) is 0 Å². The minimum Gasteiger partial charge on any atom is -0.476 e. The molecule has 0 aliphatic heterocycles. The number of nitrogens with zero attached hydrogens (tertiary/aromatic N) is 4. The third-order valence-corrected chi connectivity index (χ3v) is 3.12. The van der Waals surface area contributed by atoms with Crippen LogP contribution in [0.25, 0.3) is 16.3 Å². The van der Waals surface area contributed by atoms with Crippen molar-refractivity contribution in [1.82, 2.24) is 19.7 Å². The number of hydrogen-bond acceptors (Lipinski definition) is 6. The van der Waals surface area contributed by atoms with Gasteiger partial charge >= 0.3 is 5.97 Å². The molecule has 8 heteroatoms. The summed E-state index contributed by atoms with van der Waals surface area (Å²) in [7, 11) is 0. The summed E-state index contributed by atoms with van der Waals surface area (Å²) < 4.78 is 6.25. The lowest BCUT2D eigenvalue weighted by Crippen LogP contribution is -1.99. The van der Waals surface area contributed by atoms with E-state index in [4.69, 9.17) is 5.11 Å². The number of carboxylic acid groups (broad SMARTS) is 1. The Morgan fingerprint density at radius 1 is 1.47 bits per heavy atom. The van der Waals surface area contributed by atoms with Crippen LogP contribution in [0.2, 0.25) is 0 Å². The molecule has 0 radical (unpaired) electrons. The van der Waals surface area contributed by atoms with Gasteiger partial charge in [0.1, 0.15) is 5.69 Å². The van der Waals surface area contributed by atoms with Crippen LogP contribution in [-0.4, -0.2) is 30.8 Å². The second-order valence-corrected chi connectivity index (χ2v) is 4.64. The van der Waals surface area contributed by atoms with Crippen molar-refractivity contribution in [2.75, 3.05) is 0 Å². The van der Waals surface area contributed by atoms with Crippen LogP contribution in [0.4, 0.5) is 0 Å². The molecule has 0 fully saturated rings. The summed E-state index contributed by atoms with van der Waals surface area (Å²) in [5.41, 5.74) is 0.355. The predicted octanol–water partition coefficient (Wildman–Crippen LogP) is 1.45. The number of carboxylic acids is 1. The van der Waals surface area contributed by atoms with Crippen LogP contribution >= 0.6 is 11.3 Å². The Bertz CT molecular complexity index is 679.